The molecule has 1 fully saturated rings. The zero-order valence-electron chi connectivity index (χ0n) is 12.3. The fraction of sp³-hybridized carbons (Fsp3) is 0.600. The number of halogens is 4. The Morgan fingerprint density at radius 3 is 2.36 bits per heavy atom. The number of aliphatic hydroxyl groups excluding tert-OH is 1. The molecule has 22 heavy (non-hydrogen) atoms. The van der Waals surface area contributed by atoms with Crippen LogP contribution in [-0.4, -0.2) is 18.3 Å². The number of alkyl halides is 3. The average molecular weight is 340 g/mol. The van der Waals surface area contributed by atoms with E-state index in [1.54, 1.807) is 0 Å². The van der Waals surface area contributed by atoms with E-state index in [0.717, 1.165) is 37.8 Å². The van der Waals surface area contributed by atoms with Gasteiger partial charge in [0.2, 0.25) is 0 Å². The first-order chi connectivity index (χ1) is 9.84. The highest BCUT2D eigenvalue weighted by molar-refractivity contribution is 5.85. The van der Waals surface area contributed by atoms with Crippen molar-refractivity contribution < 1.29 is 23.0 Å². The van der Waals surface area contributed by atoms with E-state index in [-0.39, 0.29) is 24.1 Å². The summed E-state index contributed by atoms with van der Waals surface area (Å²) in [6.45, 7) is 0. The number of ether oxygens (including phenoxy) is 1. The molecule has 0 unspecified atom stereocenters. The first-order valence-electron chi connectivity index (χ1n) is 7.03. The second-order valence-electron chi connectivity index (χ2n) is 5.52. The molecule has 0 radical (unpaired) electrons. The number of nitrogens with two attached hydrogens (primary N) is 1. The van der Waals surface area contributed by atoms with Crippen LogP contribution in [0.2, 0.25) is 0 Å². The van der Waals surface area contributed by atoms with E-state index in [1.807, 2.05) is 0 Å². The molecule has 7 heteroatoms. The van der Waals surface area contributed by atoms with Crippen LogP contribution in [0.4, 0.5) is 13.2 Å². The molecule has 2 rings (SSSR count). The van der Waals surface area contributed by atoms with Gasteiger partial charge >= 0.3 is 6.18 Å². The summed E-state index contributed by atoms with van der Waals surface area (Å²) in [5.74, 6) is 0.168. The summed E-state index contributed by atoms with van der Waals surface area (Å²) in [5.41, 5.74) is 5.66. The highest BCUT2D eigenvalue weighted by Gasteiger charge is 2.34. The van der Waals surface area contributed by atoms with Gasteiger partial charge in [-0.2, -0.15) is 13.2 Å². The predicted molar refractivity (Wildman–Crippen MR) is 80.1 cm³/mol. The van der Waals surface area contributed by atoms with Crippen LogP contribution >= 0.6 is 12.4 Å². The average Bonchev–Trinajstić information content (AvgIpc) is 2.98. The van der Waals surface area contributed by atoms with Gasteiger partial charge in [-0.1, -0.05) is 18.9 Å². The maximum atomic E-state index is 12.7. The lowest BCUT2D eigenvalue weighted by Gasteiger charge is -2.26. The largest absolute Gasteiger partial charge is 0.496 e. The summed E-state index contributed by atoms with van der Waals surface area (Å²) in [6, 6.07) is 2.45. The quantitative estimate of drug-likeness (QED) is 0.879. The Labute approximate surface area is 134 Å². The van der Waals surface area contributed by atoms with Crippen molar-refractivity contribution in [2.45, 2.75) is 44.0 Å². The Hall–Kier alpha value is -0.980. The molecule has 1 aliphatic carbocycles. The van der Waals surface area contributed by atoms with Crippen LogP contribution in [0.5, 0.6) is 5.75 Å². The fourth-order valence-electron chi connectivity index (χ4n) is 2.94. The molecule has 0 aromatic heterocycles. The third kappa shape index (κ3) is 4.06. The first kappa shape index (κ1) is 19.1. The van der Waals surface area contributed by atoms with Gasteiger partial charge in [0.25, 0.3) is 0 Å². The van der Waals surface area contributed by atoms with Crippen LogP contribution in [0.1, 0.15) is 42.9 Å². The summed E-state index contributed by atoms with van der Waals surface area (Å²) in [6.07, 6.45) is -1.29. The maximum absolute atomic E-state index is 12.7. The molecule has 0 bridgehead atoms. The van der Waals surface area contributed by atoms with Gasteiger partial charge < -0.3 is 15.6 Å². The van der Waals surface area contributed by atoms with Gasteiger partial charge in [-0.15, -0.1) is 12.4 Å². The molecule has 0 saturated heterocycles. The molecule has 2 atom stereocenters. The molecule has 1 aromatic rings. The summed E-state index contributed by atoms with van der Waals surface area (Å²) in [7, 11) is 1.30. The van der Waals surface area contributed by atoms with Gasteiger partial charge in [0.05, 0.1) is 24.8 Å². The summed E-state index contributed by atoms with van der Waals surface area (Å²) in [4.78, 5) is 0. The normalized spacial score (nSPS) is 18.6. The minimum absolute atomic E-state index is 0. The van der Waals surface area contributed by atoms with Gasteiger partial charge in [0.15, 0.2) is 0 Å². The number of aliphatic hydroxyl groups is 1. The summed E-state index contributed by atoms with van der Waals surface area (Å²) < 4.78 is 43.1. The van der Waals surface area contributed by atoms with Gasteiger partial charge in [0.1, 0.15) is 5.75 Å². The van der Waals surface area contributed by atoms with Gasteiger partial charge in [-0.3, -0.25) is 0 Å². The lowest BCUT2D eigenvalue weighted by molar-refractivity contribution is -0.137. The maximum Gasteiger partial charge on any atom is 0.416 e. The van der Waals surface area contributed by atoms with Crippen molar-refractivity contribution in [1.82, 2.24) is 0 Å². The van der Waals surface area contributed by atoms with E-state index < -0.39 is 23.9 Å². The third-order valence-electron chi connectivity index (χ3n) is 4.17. The second-order valence-corrected chi connectivity index (χ2v) is 5.52. The summed E-state index contributed by atoms with van der Waals surface area (Å²) in [5, 5.41) is 10.3. The van der Waals surface area contributed by atoms with E-state index in [9.17, 15) is 18.3 Å². The number of hydrogen-bond donors (Lipinski definition) is 2. The molecule has 0 heterocycles. The lowest BCUT2D eigenvalue weighted by atomic mass is 9.90. The van der Waals surface area contributed by atoms with Crippen molar-refractivity contribution in [3.63, 3.8) is 0 Å². The van der Waals surface area contributed by atoms with E-state index in [0.29, 0.717) is 5.56 Å². The van der Waals surface area contributed by atoms with Crippen molar-refractivity contribution in [2.24, 2.45) is 11.7 Å². The standard InChI is InChI=1S/C15H20F3NO2.ClH/c1-21-12-8-10(15(16,17)18)6-7-11(12)13(19)14(20)9-4-2-3-5-9;/h6-9,13-14,20H,2-5,19H2,1H3;1H/t13-,14+;/m1./s1. The molecular weight excluding hydrogens is 319 g/mol. The number of rotatable bonds is 4. The van der Waals surface area contributed by atoms with Crippen molar-refractivity contribution in [1.29, 1.82) is 0 Å². The highest BCUT2D eigenvalue weighted by Crippen LogP contribution is 2.38. The molecule has 0 spiro atoms. The Kier molecular flexibility index (Phi) is 6.52. The van der Waals surface area contributed by atoms with Crippen molar-refractivity contribution >= 4 is 12.4 Å². The van der Waals surface area contributed by atoms with E-state index in [2.05, 4.69) is 0 Å². The molecular formula is C15H21ClF3NO2. The lowest BCUT2D eigenvalue weighted by Crippen LogP contribution is -2.32. The van der Waals surface area contributed by atoms with Crippen molar-refractivity contribution in [3.8, 4) is 5.75 Å². The molecule has 1 saturated carbocycles. The Morgan fingerprint density at radius 1 is 1.27 bits per heavy atom. The molecule has 0 aliphatic heterocycles. The van der Waals surface area contributed by atoms with E-state index >= 15 is 0 Å². The van der Waals surface area contributed by atoms with Crippen LogP contribution in [0.15, 0.2) is 18.2 Å². The Morgan fingerprint density at radius 2 is 1.86 bits per heavy atom. The second kappa shape index (κ2) is 7.53. The predicted octanol–water partition coefficient (Wildman–Crippen LogP) is 3.69. The van der Waals surface area contributed by atoms with Crippen LogP contribution in [0, 0.1) is 5.92 Å². The topological polar surface area (TPSA) is 55.5 Å². The number of hydrogen-bond acceptors (Lipinski definition) is 3. The zero-order valence-corrected chi connectivity index (χ0v) is 13.1. The Balaban J connectivity index is 0.00000242. The van der Waals surface area contributed by atoms with Crippen LogP contribution in [0.25, 0.3) is 0 Å². The van der Waals surface area contributed by atoms with Gasteiger partial charge in [-0.25, -0.2) is 0 Å². The molecule has 3 N–H and O–H groups in total. The number of methoxy groups -OCH3 is 1. The van der Waals surface area contributed by atoms with Crippen molar-refractivity contribution in [3.05, 3.63) is 29.3 Å². The molecule has 1 aromatic carbocycles. The van der Waals surface area contributed by atoms with E-state index in [1.165, 1.54) is 13.2 Å². The van der Waals surface area contributed by atoms with E-state index in [4.69, 9.17) is 10.5 Å². The monoisotopic (exact) mass is 339 g/mol. The minimum Gasteiger partial charge on any atom is -0.496 e. The highest BCUT2D eigenvalue weighted by atomic mass is 35.5. The third-order valence-corrected chi connectivity index (χ3v) is 4.17. The molecule has 3 nitrogen and oxygen atoms in total. The Bertz CT molecular complexity index is 490. The molecule has 0 amide bonds. The minimum atomic E-state index is -4.43. The van der Waals surface area contributed by atoms with Gasteiger partial charge in [-0.05, 0) is 30.9 Å². The van der Waals surface area contributed by atoms with Crippen LogP contribution in [0.3, 0.4) is 0 Å². The van der Waals surface area contributed by atoms with Crippen LogP contribution < -0.4 is 10.5 Å². The summed E-state index contributed by atoms with van der Waals surface area (Å²) >= 11 is 0. The smallest absolute Gasteiger partial charge is 0.416 e. The first-order valence-corrected chi connectivity index (χ1v) is 7.03. The SMILES string of the molecule is COc1cc(C(F)(F)F)ccc1[C@@H](N)[C@@H](O)C1CCCC1.Cl. The van der Waals surface area contributed by atoms with Crippen molar-refractivity contribution in [2.75, 3.05) is 7.11 Å². The molecule has 126 valence electrons. The fourth-order valence-corrected chi connectivity index (χ4v) is 2.94. The van der Waals surface area contributed by atoms with Gasteiger partial charge in [0, 0.05) is 5.56 Å². The van der Waals surface area contributed by atoms with Crippen LogP contribution in [-0.2, 0) is 6.18 Å². The number of benzene rings is 1. The zero-order chi connectivity index (χ0) is 15.6. The molecule has 1 aliphatic rings.